The van der Waals surface area contributed by atoms with E-state index in [1.165, 1.54) is 31.0 Å². The van der Waals surface area contributed by atoms with E-state index in [1.807, 2.05) is 34.9 Å². The second kappa shape index (κ2) is 10.5. The van der Waals surface area contributed by atoms with Crippen LogP contribution in [0.3, 0.4) is 0 Å². The van der Waals surface area contributed by atoms with Gasteiger partial charge in [-0.15, -0.1) is 16.8 Å². The molecule has 1 fully saturated rings. The molecule has 3 rings (SSSR count). The molecule has 0 radical (unpaired) electrons. The highest BCUT2D eigenvalue weighted by molar-refractivity contribution is 7.99. The highest BCUT2D eigenvalue weighted by Gasteiger charge is 2.23. The van der Waals surface area contributed by atoms with Crippen LogP contribution in [-0.4, -0.2) is 39.6 Å². The molecule has 1 aliphatic carbocycles. The Morgan fingerprint density at radius 2 is 2.07 bits per heavy atom. The van der Waals surface area contributed by atoms with Crippen LogP contribution in [0.2, 0.25) is 0 Å². The summed E-state index contributed by atoms with van der Waals surface area (Å²) in [5, 5.41) is 12.6. The number of carbonyl (C=O) groups excluding carboxylic acids is 1. The van der Waals surface area contributed by atoms with Crippen molar-refractivity contribution >= 4 is 17.7 Å². The van der Waals surface area contributed by atoms with E-state index in [-0.39, 0.29) is 5.91 Å². The molecule has 1 saturated carbocycles. The molecule has 29 heavy (non-hydrogen) atoms. The second-order valence-electron chi connectivity index (χ2n) is 7.55. The van der Waals surface area contributed by atoms with Crippen molar-refractivity contribution < 1.29 is 9.53 Å². The number of allylic oxidation sites excluding steroid dienone is 1. The third kappa shape index (κ3) is 5.85. The van der Waals surface area contributed by atoms with Crippen molar-refractivity contribution in [1.29, 1.82) is 0 Å². The first kappa shape index (κ1) is 21.4. The fraction of sp³-hybridized carbons (Fsp3) is 0.500. The molecule has 6 nitrogen and oxygen atoms in total. The van der Waals surface area contributed by atoms with Gasteiger partial charge in [-0.2, -0.15) is 0 Å². The van der Waals surface area contributed by atoms with Gasteiger partial charge in [-0.3, -0.25) is 4.79 Å². The standard InChI is InChI=1S/C22H30N4O2S/c1-4-13-26-20(14-17-9-11-18(28-3)12-10-17)24-25-22(26)29-15-21(27)23-19-8-6-5-7-16(19)2/h4,9-12,16,19H,1,5-8,13-15H2,2-3H3,(H,23,27)/t16-,19+/m1/s1. The van der Waals surface area contributed by atoms with E-state index in [0.717, 1.165) is 28.7 Å². The molecule has 1 amide bonds. The Hall–Kier alpha value is -2.28. The minimum atomic E-state index is 0.0682. The molecule has 1 heterocycles. The molecule has 0 aliphatic heterocycles. The largest absolute Gasteiger partial charge is 0.497 e. The van der Waals surface area contributed by atoms with Crippen molar-refractivity contribution in [3.8, 4) is 5.75 Å². The van der Waals surface area contributed by atoms with Gasteiger partial charge in [0, 0.05) is 19.0 Å². The summed E-state index contributed by atoms with van der Waals surface area (Å²) < 4.78 is 7.24. The van der Waals surface area contributed by atoms with E-state index in [4.69, 9.17) is 4.74 Å². The minimum absolute atomic E-state index is 0.0682. The van der Waals surface area contributed by atoms with Gasteiger partial charge in [0.15, 0.2) is 5.16 Å². The number of carbonyl (C=O) groups is 1. The first-order valence-corrected chi connectivity index (χ1v) is 11.2. The van der Waals surface area contributed by atoms with Gasteiger partial charge in [0.25, 0.3) is 0 Å². The van der Waals surface area contributed by atoms with Crippen LogP contribution < -0.4 is 10.1 Å². The Labute approximate surface area is 177 Å². The zero-order valence-corrected chi connectivity index (χ0v) is 18.1. The molecule has 0 unspecified atom stereocenters. The topological polar surface area (TPSA) is 69.0 Å². The van der Waals surface area contributed by atoms with Gasteiger partial charge in [-0.1, -0.05) is 49.7 Å². The lowest BCUT2D eigenvalue weighted by molar-refractivity contribution is -0.119. The number of thioether (sulfide) groups is 1. The van der Waals surface area contributed by atoms with E-state index < -0.39 is 0 Å². The number of amides is 1. The Morgan fingerprint density at radius 1 is 1.31 bits per heavy atom. The predicted octanol–water partition coefficient (Wildman–Crippen LogP) is 3.85. The summed E-state index contributed by atoms with van der Waals surface area (Å²) in [4.78, 5) is 12.4. The van der Waals surface area contributed by atoms with E-state index in [1.54, 1.807) is 7.11 Å². The highest BCUT2D eigenvalue weighted by atomic mass is 32.2. The molecule has 1 aliphatic rings. The molecule has 2 aromatic rings. The third-order valence-electron chi connectivity index (χ3n) is 5.42. The van der Waals surface area contributed by atoms with Crippen molar-refractivity contribution in [3.05, 3.63) is 48.3 Å². The first-order chi connectivity index (χ1) is 14.1. The van der Waals surface area contributed by atoms with Gasteiger partial charge in [-0.05, 0) is 36.5 Å². The molecule has 156 valence electrons. The number of methoxy groups -OCH3 is 1. The van der Waals surface area contributed by atoms with E-state index in [2.05, 4.69) is 29.0 Å². The van der Waals surface area contributed by atoms with Gasteiger partial charge in [-0.25, -0.2) is 0 Å². The van der Waals surface area contributed by atoms with Crippen LogP contribution in [-0.2, 0) is 17.8 Å². The maximum Gasteiger partial charge on any atom is 0.230 e. The summed E-state index contributed by atoms with van der Waals surface area (Å²) in [6.45, 7) is 6.69. The summed E-state index contributed by atoms with van der Waals surface area (Å²) in [7, 11) is 1.66. The number of ether oxygens (including phenoxy) is 1. The van der Waals surface area contributed by atoms with Crippen molar-refractivity contribution in [2.75, 3.05) is 12.9 Å². The number of hydrogen-bond donors (Lipinski definition) is 1. The molecule has 1 aromatic heterocycles. The molecule has 0 bridgehead atoms. The Kier molecular flexibility index (Phi) is 7.75. The quantitative estimate of drug-likeness (QED) is 0.499. The minimum Gasteiger partial charge on any atom is -0.497 e. The lowest BCUT2D eigenvalue weighted by Gasteiger charge is -2.29. The Bertz CT molecular complexity index is 819. The van der Waals surface area contributed by atoms with Crippen LogP contribution in [0.25, 0.3) is 0 Å². The third-order valence-corrected chi connectivity index (χ3v) is 6.38. The number of hydrogen-bond acceptors (Lipinski definition) is 5. The Morgan fingerprint density at radius 3 is 2.76 bits per heavy atom. The van der Waals surface area contributed by atoms with Crippen LogP contribution in [0.1, 0.15) is 44.0 Å². The molecule has 1 aromatic carbocycles. The average Bonchev–Trinajstić information content (AvgIpc) is 3.10. The fourth-order valence-corrected chi connectivity index (χ4v) is 4.48. The molecular weight excluding hydrogens is 384 g/mol. The van der Waals surface area contributed by atoms with Crippen LogP contribution in [0, 0.1) is 5.92 Å². The summed E-state index contributed by atoms with van der Waals surface area (Å²) in [6, 6.07) is 8.23. The molecule has 1 N–H and O–H groups in total. The maximum atomic E-state index is 12.4. The SMILES string of the molecule is C=CCn1c(Cc2ccc(OC)cc2)nnc1SCC(=O)N[C@H]1CCCC[C@H]1C. The number of nitrogens with zero attached hydrogens (tertiary/aromatic N) is 3. The summed E-state index contributed by atoms with van der Waals surface area (Å²) in [6.07, 6.45) is 7.23. The van der Waals surface area contributed by atoms with Crippen LogP contribution in [0.4, 0.5) is 0 Å². The van der Waals surface area contributed by atoms with Gasteiger partial charge >= 0.3 is 0 Å². The molecular formula is C22H30N4O2S. The van der Waals surface area contributed by atoms with Gasteiger partial charge < -0.3 is 14.6 Å². The second-order valence-corrected chi connectivity index (χ2v) is 8.49. The fourth-order valence-electron chi connectivity index (χ4n) is 3.70. The maximum absolute atomic E-state index is 12.4. The number of aromatic nitrogens is 3. The zero-order valence-electron chi connectivity index (χ0n) is 17.3. The summed E-state index contributed by atoms with van der Waals surface area (Å²) in [5.74, 6) is 2.66. The predicted molar refractivity (Wildman–Crippen MR) is 116 cm³/mol. The van der Waals surface area contributed by atoms with E-state index in [9.17, 15) is 4.79 Å². The van der Waals surface area contributed by atoms with Crippen molar-refractivity contribution in [3.63, 3.8) is 0 Å². The smallest absolute Gasteiger partial charge is 0.230 e. The number of benzene rings is 1. The van der Waals surface area contributed by atoms with E-state index >= 15 is 0 Å². The van der Waals surface area contributed by atoms with E-state index in [0.29, 0.717) is 30.7 Å². The normalized spacial score (nSPS) is 19.0. The zero-order chi connectivity index (χ0) is 20.6. The van der Waals surface area contributed by atoms with Crippen molar-refractivity contribution in [2.24, 2.45) is 5.92 Å². The molecule has 0 saturated heterocycles. The van der Waals surface area contributed by atoms with Gasteiger partial charge in [0.05, 0.1) is 12.9 Å². The first-order valence-electron chi connectivity index (χ1n) is 10.2. The monoisotopic (exact) mass is 414 g/mol. The highest BCUT2D eigenvalue weighted by Crippen LogP contribution is 2.24. The molecule has 7 heteroatoms. The van der Waals surface area contributed by atoms with Crippen LogP contribution >= 0.6 is 11.8 Å². The van der Waals surface area contributed by atoms with Crippen molar-refractivity contribution in [2.45, 2.75) is 56.8 Å². The number of nitrogens with one attached hydrogen (secondary N) is 1. The van der Waals surface area contributed by atoms with Gasteiger partial charge in [0.2, 0.25) is 5.91 Å². The Balaban J connectivity index is 1.61. The summed E-state index contributed by atoms with van der Waals surface area (Å²) >= 11 is 1.43. The lowest BCUT2D eigenvalue weighted by atomic mass is 9.86. The van der Waals surface area contributed by atoms with Crippen LogP contribution in [0.15, 0.2) is 42.1 Å². The number of rotatable bonds is 9. The molecule has 2 atom stereocenters. The lowest BCUT2D eigenvalue weighted by Crippen LogP contribution is -2.41. The molecule has 0 spiro atoms. The van der Waals surface area contributed by atoms with Crippen LogP contribution in [0.5, 0.6) is 5.75 Å². The van der Waals surface area contributed by atoms with Gasteiger partial charge in [0.1, 0.15) is 11.6 Å². The van der Waals surface area contributed by atoms with Crippen molar-refractivity contribution in [1.82, 2.24) is 20.1 Å². The summed E-state index contributed by atoms with van der Waals surface area (Å²) in [5.41, 5.74) is 1.13. The average molecular weight is 415 g/mol.